The minimum atomic E-state index is -0.501. The normalized spacial score (nSPS) is 18.7. The lowest BCUT2D eigenvalue weighted by atomic mass is 10.0. The molecule has 0 saturated carbocycles. The molecule has 0 spiro atoms. The van der Waals surface area contributed by atoms with E-state index in [1.54, 1.807) is 11.8 Å². The Morgan fingerprint density at radius 2 is 2.00 bits per heavy atom. The second-order valence-electron chi connectivity index (χ2n) is 7.27. The molecule has 156 valence electrons. The predicted molar refractivity (Wildman–Crippen MR) is 116 cm³/mol. The number of likely N-dealkylation sites (tertiary alicyclic amines) is 1. The quantitative estimate of drug-likeness (QED) is 0.624. The van der Waals surface area contributed by atoms with Crippen LogP contribution in [-0.2, 0) is 17.6 Å². The number of hydrogen-bond acceptors (Lipinski definition) is 4. The van der Waals surface area contributed by atoms with E-state index in [9.17, 15) is 9.90 Å². The zero-order valence-electron chi connectivity index (χ0n) is 16.7. The van der Waals surface area contributed by atoms with E-state index >= 15 is 0 Å². The molecule has 2 aromatic rings. The van der Waals surface area contributed by atoms with Gasteiger partial charge in [-0.25, -0.2) is 4.79 Å². The summed E-state index contributed by atoms with van der Waals surface area (Å²) in [5, 5.41) is 9.96. The van der Waals surface area contributed by atoms with Gasteiger partial charge in [0.25, 0.3) is 0 Å². The molecule has 0 radical (unpaired) electrons. The molecule has 0 unspecified atom stereocenters. The third kappa shape index (κ3) is 6.21. The maximum absolute atomic E-state index is 12.1. The van der Waals surface area contributed by atoms with Crippen molar-refractivity contribution in [1.82, 2.24) is 4.90 Å². The standard InChI is InChI=1S/C23H28BrNO4/c1-2-28-23(27)25-16-21(26)15-20(25)12-13-29-22-11-10-19(24)14-18(22)9-8-17-6-4-3-5-7-17/h3-7,10-11,14,20-21,26H,2,8-9,12-13,15-16H2,1H3/t20-,21-/m1/s1. The highest BCUT2D eigenvalue weighted by molar-refractivity contribution is 9.10. The monoisotopic (exact) mass is 461 g/mol. The van der Waals surface area contributed by atoms with Crippen molar-refractivity contribution < 1.29 is 19.4 Å². The molecule has 2 aromatic carbocycles. The van der Waals surface area contributed by atoms with Crippen LogP contribution in [0.3, 0.4) is 0 Å². The summed E-state index contributed by atoms with van der Waals surface area (Å²) >= 11 is 3.55. The SMILES string of the molecule is CCOC(=O)N1C[C@H](O)C[C@H]1CCOc1ccc(Br)cc1CCc1ccccc1. The summed E-state index contributed by atoms with van der Waals surface area (Å²) in [5.41, 5.74) is 2.44. The number of ether oxygens (including phenoxy) is 2. The van der Waals surface area contributed by atoms with Gasteiger partial charge in [-0.2, -0.15) is 0 Å². The molecule has 1 aliphatic heterocycles. The van der Waals surface area contributed by atoms with Crippen molar-refractivity contribution in [3.8, 4) is 5.75 Å². The summed E-state index contributed by atoms with van der Waals surface area (Å²) in [7, 11) is 0. The zero-order valence-corrected chi connectivity index (χ0v) is 18.3. The van der Waals surface area contributed by atoms with E-state index in [0.29, 0.717) is 32.6 Å². The van der Waals surface area contributed by atoms with Crippen LogP contribution in [0.15, 0.2) is 53.0 Å². The second-order valence-corrected chi connectivity index (χ2v) is 8.19. The van der Waals surface area contributed by atoms with Crippen LogP contribution in [-0.4, -0.2) is 48.0 Å². The van der Waals surface area contributed by atoms with Crippen molar-refractivity contribution in [2.75, 3.05) is 19.8 Å². The lowest BCUT2D eigenvalue weighted by Gasteiger charge is -2.23. The third-order valence-electron chi connectivity index (χ3n) is 5.15. The largest absolute Gasteiger partial charge is 0.493 e. The molecule has 1 N–H and O–H groups in total. The van der Waals surface area contributed by atoms with E-state index in [0.717, 1.165) is 28.6 Å². The first-order chi connectivity index (χ1) is 14.1. The van der Waals surface area contributed by atoms with E-state index in [1.165, 1.54) is 5.56 Å². The summed E-state index contributed by atoms with van der Waals surface area (Å²) in [6, 6.07) is 16.4. The Balaban J connectivity index is 1.58. The summed E-state index contributed by atoms with van der Waals surface area (Å²) in [6.45, 7) is 2.92. The summed E-state index contributed by atoms with van der Waals surface area (Å²) in [6.07, 6.45) is 2.18. The molecule has 2 atom stereocenters. The van der Waals surface area contributed by atoms with Crippen LogP contribution in [0.4, 0.5) is 4.79 Å². The minimum absolute atomic E-state index is 0.0627. The molecule has 29 heavy (non-hydrogen) atoms. The number of amides is 1. The Hall–Kier alpha value is -2.05. The van der Waals surface area contributed by atoms with Crippen LogP contribution in [0.25, 0.3) is 0 Å². The number of nitrogens with zero attached hydrogens (tertiary/aromatic N) is 1. The van der Waals surface area contributed by atoms with Gasteiger partial charge < -0.3 is 19.5 Å². The van der Waals surface area contributed by atoms with Crippen LogP contribution >= 0.6 is 15.9 Å². The van der Waals surface area contributed by atoms with Crippen molar-refractivity contribution in [3.63, 3.8) is 0 Å². The van der Waals surface area contributed by atoms with Gasteiger partial charge in [-0.3, -0.25) is 0 Å². The van der Waals surface area contributed by atoms with Crippen LogP contribution in [0.2, 0.25) is 0 Å². The van der Waals surface area contributed by atoms with E-state index < -0.39 is 6.10 Å². The highest BCUT2D eigenvalue weighted by Crippen LogP contribution is 2.26. The van der Waals surface area contributed by atoms with Gasteiger partial charge >= 0.3 is 6.09 Å². The smallest absolute Gasteiger partial charge is 0.410 e. The van der Waals surface area contributed by atoms with Crippen molar-refractivity contribution >= 4 is 22.0 Å². The number of aliphatic hydroxyl groups is 1. The molecule has 6 heteroatoms. The second kappa shape index (κ2) is 10.6. The first-order valence-electron chi connectivity index (χ1n) is 10.1. The Morgan fingerprint density at radius 3 is 2.76 bits per heavy atom. The molecule has 0 aliphatic carbocycles. The van der Waals surface area contributed by atoms with E-state index in [4.69, 9.17) is 9.47 Å². The van der Waals surface area contributed by atoms with Crippen molar-refractivity contribution in [2.24, 2.45) is 0 Å². The molecule has 1 heterocycles. The molecular formula is C23H28BrNO4. The molecule has 3 rings (SSSR count). The maximum atomic E-state index is 12.1. The number of benzene rings is 2. The van der Waals surface area contributed by atoms with Gasteiger partial charge in [-0.1, -0.05) is 46.3 Å². The molecule has 1 amide bonds. The van der Waals surface area contributed by atoms with Crippen LogP contribution in [0.5, 0.6) is 5.75 Å². The fourth-order valence-corrected chi connectivity index (χ4v) is 4.12. The highest BCUT2D eigenvalue weighted by Gasteiger charge is 2.35. The molecule has 1 aliphatic rings. The van der Waals surface area contributed by atoms with Crippen LogP contribution < -0.4 is 4.74 Å². The third-order valence-corrected chi connectivity index (χ3v) is 5.64. The fourth-order valence-electron chi connectivity index (χ4n) is 3.71. The first-order valence-corrected chi connectivity index (χ1v) is 10.9. The number of rotatable bonds is 8. The number of carbonyl (C=O) groups is 1. The van der Waals surface area contributed by atoms with Crippen molar-refractivity contribution in [3.05, 3.63) is 64.1 Å². The summed E-state index contributed by atoms with van der Waals surface area (Å²) < 4.78 is 12.2. The Bertz CT molecular complexity index is 799. The van der Waals surface area contributed by atoms with Gasteiger partial charge in [-0.05, 0) is 55.5 Å². The maximum Gasteiger partial charge on any atom is 0.410 e. The van der Waals surface area contributed by atoms with E-state index in [-0.39, 0.29) is 12.1 Å². The van der Waals surface area contributed by atoms with Gasteiger partial charge in [-0.15, -0.1) is 0 Å². The molecule has 0 aromatic heterocycles. The minimum Gasteiger partial charge on any atom is -0.493 e. The first kappa shape index (κ1) is 21.7. The number of aliphatic hydroxyl groups excluding tert-OH is 1. The Labute approximate surface area is 180 Å². The van der Waals surface area contributed by atoms with Crippen molar-refractivity contribution in [1.29, 1.82) is 0 Å². The van der Waals surface area contributed by atoms with Crippen LogP contribution in [0.1, 0.15) is 30.9 Å². The number of carbonyl (C=O) groups excluding carboxylic acids is 1. The number of halogens is 1. The Morgan fingerprint density at radius 1 is 1.21 bits per heavy atom. The van der Waals surface area contributed by atoms with E-state index in [2.05, 4.69) is 46.3 Å². The highest BCUT2D eigenvalue weighted by atomic mass is 79.9. The number of hydrogen-bond donors (Lipinski definition) is 1. The predicted octanol–water partition coefficient (Wildman–Crippen LogP) is 4.59. The molecule has 1 saturated heterocycles. The molecular weight excluding hydrogens is 434 g/mol. The Kier molecular flexibility index (Phi) is 7.95. The number of β-amino-alcohol motifs (C(OH)–C–C–N with tert-alkyl or cyclic N) is 1. The van der Waals surface area contributed by atoms with Crippen LogP contribution in [0, 0.1) is 0 Å². The molecule has 5 nitrogen and oxygen atoms in total. The lowest BCUT2D eigenvalue weighted by molar-refractivity contribution is 0.0941. The number of aryl methyl sites for hydroxylation is 2. The average Bonchev–Trinajstić information content (AvgIpc) is 3.09. The fraction of sp³-hybridized carbons (Fsp3) is 0.435. The van der Waals surface area contributed by atoms with Gasteiger partial charge in [0.2, 0.25) is 0 Å². The van der Waals surface area contributed by atoms with Gasteiger partial charge in [0.15, 0.2) is 0 Å². The molecule has 1 fully saturated rings. The van der Waals surface area contributed by atoms with Crippen molar-refractivity contribution in [2.45, 2.75) is 44.8 Å². The van der Waals surface area contributed by atoms with Gasteiger partial charge in [0.1, 0.15) is 5.75 Å². The topological polar surface area (TPSA) is 59.0 Å². The summed E-state index contributed by atoms with van der Waals surface area (Å²) in [4.78, 5) is 13.7. The average molecular weight is 462 g/mol. The van der Waals surface area contributed by atoms with E-state index in [1.807, 2.05) is 18.2 Å². The summed E-state index contributed by atoms with van der Waals surface area (Å²) in [5.74, 6) is 0.866. The zero-order chi connectivity index (χ0) is 20.6. The van der Waals surface area contributed by atoms with Gasteiger partial charge in [0, 0.05) is 16.9 Å². The van der Waals surface area contributed by atoms with Gasteiger partial charge in [0.05, 0.1) is 25.9 Å². The molecule has 0 bridgehead atoms. The lowest BCUT2D eigenvalue weighted by Crippen LogP contribution is -2.37.